The average molecular weight is 592 g/mol. The number of nitrogens with zero attached hydrogens (tertiary/aromatic N) is 2. The van der Waals surface area contributed by atoms with Gasteiger partial charge in [0.05, 0.1) is 42.4 Å². The van der Waals surface area contributed by atoms with Gasteiger partial charge in [0.25, 0.3) is 15.9 Å². The first kappa shape index (κ1) is 32.7. The molecule has 10 nitrogen and oxygen atoms in total. The number of sulfonamides is 1. The van der Waals surface area contributed by atoms with Crippen molar-refractivity contribution >= 4 is 21.6 Å². The maximum atomic E-state index is 14.1. The van der Waals surface area contributed by atoms with E-state index in [1.807, 2.05) is 27.9 Å². The molecule has 0 radical (unpaired) electrons. The van der Waals surface area contributed by atoms with Gasteiger partial charge in [-0.3, -0.25) is 9.52 Å². The Bertz CT molecular complexity index is 1240. The molecule has 228 valence electrons. The molecule has 0 spiro atoms. The van der Waals surface area contributed by atoms with Gasteiger partial charge in [-0.25, -0.2) is 8.42 Å². The first-order valence-corrected chi connectivity index (χ1v) is 15.6. The number of methoxy groups -OCH3 is 1. The number of fused-ring (bicyclic) bond motifs is 1. The number of ether oxygens (including phenoxy) is 3. The van der Waals surface area contributed by atoms with Crippen molar-refractivity contribution in [2.75, 3.05) is 52.2 Å². The van der Waals surface area contributed by atoms with Crippen LogP contribution in [-0.4, -0.2) is 95.0 Å². The summed E-state index contributed by atoms with van der Waals surface area (Å²) in [6.07, 6.45) is 2.28. The molecule has 2 aromatic rings. The standard InChI is InChI=1S/C30H45N3O7S/c1-21-18-33(22(2)20-34)30(35)27-17-24(31-41(36,37)26-13-11-25(38-6)12-14-26)10-15-28(27)40-23(3)9-7-8-16-39-29(21)19-32(4)5/h10-15,17,21-23,29,31,34H,7-9,16,18-20H2,1-6H3/t21-,22-,23+,29+/m1/s1. The Morgan fingerprint density at radius 3 is 2.49 bits per heavy atom. The normalized spacial score (nSPS) is 21.9. The lowest BCUT2D eigenvalue weighted by Crippen LogP contribution is -2.47. The predicted molar refractivity (Wildman–Crippen MR) is 159 cm³/mol. The Kier molecular flexibility index (Phi) is 11.8. The number of nitrogens with one attached hydrogen (secondary N) is 1. The van der Waals surface area contributed by atoms with E-state index in [2.05, 4.69) is 9.62 Å². The number of carbonyl (C=O) groups excluding carboxylic acids is 1. The van der Waals surface area contributed by atoms with Crippen LogP contribution >= 0.6 is 0 Å². The average Bonchev–Trinajstić information content (AvgIpc) is 2.94. The number of carbonyl (C=O) groups is 1. The predicted octanol–water partition coefficient (Wildman–Crippen LogP) is 3.85. The van der Waals surface area contributed by atoms with Crippen molar-refractivity contribution in [3.05, 3.63) is 48.0 Å². The smallest absolute Gasteiger partial charge is 0.261 e. The number of aliphatic hydroxyl groups is 1. The second kappa shape index (κ2) is 14.9. The van der Waals surface area contributed by atoms with Crippen LogP contribution in [0.5, 0.6) is 11.5 Å². The summed E-state index contributed by atoms with van der Waals surface area (Å²) in [4.78, 5) is 17.9. The zero-order valence-electron chi connectivity index (χ0n) is 25.0. The van der Waals surface area contributed by atoms with Gasteiger partial charge in [0.1, 0.15) is 11.5 Å². The third kappa shape index (κ3) is 9.06. The molecule has 0 aliphatic carbocycles. The fourth-order valence-corrected chi connectivity index (χ4v) is 5.83. The number of anilines is 1. The molecule has 0 bridgehead atoms. The molecule has 0 saturated heterocycles. The van der Waals surface area contributed by atoms with Gasteiger partial charge >= 0.3 is 0 Å². The van der Waals surface area contributed by atoms with Crippen LogP contribution in [0.4, 0.5) is 5.69 Å². The molecule has 4 atom stereocenters. The van der Waals surface area contributed by atoms with Gasteiger partial charge in [-0.1, -0.05) is 6.92 Å². The molecule has 3 rings (SSSR count). The summed E-state index contributed by atoms with van der Waals surface area (Å²) in [6, 6.07) is 10.3. The van der Waals surface area contributed by atoms with E-state index in [9.17, 15) is 18.3 Å². The number of hydrogen-bond acceptors (Lipinski definition) is 8. The molecule has 2 N–H and O–H groups in total. The van der Waals surface area contributed by atoms with Crippen LogP contribution in [0.2, 0.25) is 0 Å². The van der Waals surface area contributed by atoms with Crippen molar-refractivity contribution in [3.8, 4) is 11.5 Å². The molecule has 0 saturated carbocycles. The summed E-state index contributed by atoms with van der Waals surface area (Å²) in [5.41, 5.74) is 0.449. The lowest BCUT2D eigenvalue weighted by atomic mass is 10.0. The highest BCUT2D eigenvalue weighted by Gasteiger charge is 2.30. The van der Waals surface area contributed by atoms with Gasteiger partial charge in [0.15, 0.2) is 0 Å². The molecular weight excluding hydrogens is 546 g/mol. The molecule has 2 aromatic carbocycles. The van der Waals surface area contributed by atoms with Crippen LogP contribution in [0.15, 0.2) is 47.4 Å². The quantitative estimate of drug-likeness (QED) is 0.476. The van der Waals surface area contributed by atoms with Gasteiger partial charge in [-0.05, 0) is 89.7 Å². The van der Waals surface area contributed by atoms with Crippen LogP contribution in [-0.2, 0) is 14.8 Å². The Labute approximate surface area is 244 Å². The highest BCUT2D eigenvalue weighted by atomic mass is 32.2. The molecular formula is C30H45N3O7S. The number of hydrogen-bond donors (Lipinski definition) is 2. The van der Waals surface area contributed by atoms with E-state index in [1.54, 1.807) is 36.1 Å². The lowest BCUT2D eigenvalue weighted by Gasteiger charge is -2.35. The van der Waals surface area contributed by atoms with E-state index in [0.717, 1.165) is 19.3 Å². The maximum absolute atomic E-state index is 14.1. The molecule has 0 aromatic heterocycles. The maximum Gasteiger partial charge on any atom is 0.261 e. The molecule has 0 unspecified atom stereocenters. The van der Waals surface area contributed by atoms with Crippen molar-refractivity contribution in [2.24, 2.45) is 5.92 Å². The van der Waals surface area contributed by atoms with E-state index >= 15 is 0 Å². The summed E-state index contributed by atoms with van der Waals surface area (Å²) in [7, 11) is 1.55. The fraction of sp³-hybridized carbons (Fsp3) is 0.567. The first-order valence-electron chi connectivity index (χ1n) is 14.1. The topological polar surface area (TPSA) is 118 Å². The lowest BCUT2D eigenvalue weighted by molar-refractivity contribution is -0.0137. The summed E-state index contributed by atoms with van der Waals surface area (Å²) in [5, 5.41) is 10.1. The van der Waals surface area contributed by atoms with Crippen molar-refractivity contribution in [3.63, 3.8) is 0 Å². The third-order valence-electron chi connectivity index (χ3n) is 7.22. The number of amides is 1. The fourth-order valence-electron chi connectivity index (χ4n) is 4.78. The number of aliphatic hydroxyl groups excluding tert-OH is 1. The minimum absolute atomic E-state index is 0.0293. The molecule has 1 heterocycles. The minimum atomic E-state index is -3.94. The third-order valence-corrected chi connectivity index (χ3v) is 8.62. The second-order valence-corrected chi connectivity index (χ2v) is 12.7. The molecule has 1 amide bonds. The molecule has 1 aliphatic heterocycles. The SMILES string of the molecule is COc1ccc(S(=O)(=O)Nc2ccc3c(c2)C(=O)N([C@H](C)CO)C[C@@H](C)[C@H](CN(C)C)OCCCC[C@H](C)O3)cc1. The van der Waals surface area contributed by atoms with Gasteiger partial charge in [-0.15, -0.1) is 0 Å². The van der Waals surface area contributed by atoms with E-state index in [-0.39, 0.29) is 46.8 Å². The summed E-state index contributed by atoms with van der Waals surface area (Å²) < 4.78 is 46.5. The monoisotopic (exact) mass is 591 g/mol. The molecule has 11 heteroatoms. The zero-order valence-corrected chi connectivity index (χ0v) is 25.8. The first-order chi connectivity index (χ1) is 19.4. The highest BCUT2D eigenvalue weighted by molar-refractivity contribution is 7.92. The Balaban J connectivity index is 2.01. The molecule has 1 aliphatic rings. The number of likely N-dealkylation sites (N-methyl/N-ethyl adjacent to an activating group) is 1. The summed E-state index contributed by atoms with van der Waals surface area (Å²) in [5.74, 6) is 0.526. The minimum Gasteiger partial charge on any atom is -0.497 e. The second-order valence-electron chi connectivity index (χ2n) is 11.1. The summed E-state index contributed by atoms with van der Waals surface area (Å²) >= 11 is 0. The van der Waals surface area contributed by atoms with E-state index in [4.69, 9.17) is 14.2 Å². The van der Waals surface area contributed by atoms with Crippen LogP contribution in [0.1, 0.15) is 50.4 Å². The van der Waals surface area contributed by atoms with Crippen molar-refractivity contribution in [1.29, 1.82) is 0 Å². The van der Waals surface area contributed by atoms with Crippen LogP contribution in [0.3, 0.4) is 0 Å². The van der Waals surface area contributed by atoms with Gasteiger partial charge in [-0.2, -0.15) is 0 Å². The van der Waals surface area contributed by atoms with Crippen LogP contribution < -0.4 is 14.2 Å². The van der Waals surface area contributed by atoms with Crippen molar-refractivity contribution < 1.29 is 32.5 Å². The van der Waals surface area contributed by atoms with E-state index in [1.165, 1.54) is 25.3 Å². The number of benzene rings is 2. The van der Waals surface area contributed by atoms with Crippen molar-refractivity contribution in [2.45, 2.75) is 63.2 Å². The van der Waals surface area contributed by atoms with E-state index < -0.39 is 16.1 Å². The van der Waals surface area contributed by atoms with Crippen molar-refractivity contribution in [1.82, 2.24) is 9.80 Å². The van der Waals surface area contributed by atoms with E-state index in [0.29, 0.717) is 31.2 Å². The van der Waals surface area contributed by atoms with Crippen LogP contribution in [0, 0.1) is 5.92 Å². The largest absolute Gasteiger partial charge is 0.497 e. The Morgan fingerprint density at radius 2 is 1.85 bits per heavy atom. The Hall–Kier alpha value is -2.86. The molecule has 41 heavy (non-hydrogen) atoms. The van der Waals surface area contributed by atoms with Gasteiger partial charge in [0, 0.05) is 31.3 Å². The van der Waals surface area contributed by atoms with Crippen LogP contribution in [0.25, 0.3) is 0 Å². The Morgan fingerprint density at radius 1 is 1.15 bits per heavy atom. The van der Waals surface area contributed by atoms with Gasteiger partial charge < -0.3 is 29.1 Å². The highest BCUT2D eigenvalue weighted by Crippen LogP contribution is 2.29. The molecule has 0 fully saturated rings. The zero-order chi connectivity index (χ0) is 30.2. The van der Waals surface area contributed by atoms with Gasteiger partial charge in [0.2, 0.25) is 0 Å². The number of rotatable bonds is 8. The summed E-state index contributed by atoms with van der Waals surface area (Å²) in [6.45, 7) is 7.21.